The van der Waals surface area contributed by atoms with Crippen LogP contribution in [0.25, 0.3) is 0 Å². The molecule has 2 rings (SSSR count). The minimum atomic E-state index is 0.697. The monoisotopic (exact) mass is 260 g/mol. The Kier molecular flexibility index (Phi) is 5.87. The van der Waals surface area contributed by atoms with E-state index in [2.05, 4.69) is 48.3 Å². The minimum Gasteiger partial charge on any atom is -0.310 e. The van der Waals surface area contributed by atoms with Gasteiger partial charge in [-0.2, -0.15) is 0 Å². The summed E-state index contributed by atoms with van der Waals surface area (Å²) in [5, 5.41) is 3.73. The van der Waals surface area contributed by atoms with E-state index in [1.807, 2.05) is 0 Å². The highest BCUT2D eigenvalue weighted by atomic mass is 15.1. The molecule has 1 unspecified atom stereocenters. The maximum Gasteiger partial charge on any atom is 0.0208 e. The van der Waals surface area contributed by atoms with Crippen molar-refractivity contribution < 1.29 is 0 Å². The second-order valence-corrected chi connectivity index (χ2v) is 5.61. The van der Waals surface area contributed by atoms with Gasteiger partial charge < -0.3 is 10.2 Å². The van der Waals surface area contributed by atoms with Crippen LogP contribution < -0.4 is 5.32 Å². The molecular weight excluding hydrogens is 232 g/mol. The Hall–Kier alpha value is -0.860. The van der Waals surface area contributed by atoms with Crippen molar-refractivity contribution in [1.82, 2.24) is 10.2 Å². The fraction of sp³-hybridized carbons (Fsp3) is 0.647. The molecular formula is C17H28N2. The summed E-state index contributed by atoms with van der Waals surface area (Å²) >= 11 is 0. The van der Waals surface area contributed by atoms with Gasteiger partial charge in [-0.1, -0.05) is 38.1 Å². The molecule has 1 saturated heterocycles. The van der Waals surface area contributed by atoms with Crippen molar-refractivity contribution in [3.8, 4) is 0 Å². The van der Waals surface area contributed by atoms with E-state index in [0.29, 0.717) is 6.04 Å². The highest BCUT2D eigenvalue weighted by Crippen LogP contribution is 2.12. The Morgan fingerprint density at radius 3 is 2.47 bits per heavy atom. The van der Waals surface area contributed by atoms with Gasteiger partial charge in [0, 0.05) is 12.6 Å². The first kappa shape index (κ1) is 14.5. The average molecular weight is 260 g/mol. The molecule has 1 aromatic rings. The molecule has 0 saturated carbocycles. The second-order valence-electron chi connectivity index (χ2n) is 5.61. The van der Waals surface area contributed by atoms with Crippen molar-refractivity contribution in [3.05, 3.63) is 35.4 Å². The molecule has 0 amide bonds. The summed E-state index contributed by atoms with van der Waals surface area (Å²) < 4.78 is 0. The molecule has 0 bridgehead atoms. The number of hydrogen-bond acceptors (Lipinski definition) is 2. The van der Waals surface area contributed by atoms with Crippen molar-refractivity contribution in [2.75, 3.05) is 19.6 Å². The quantitative estimate of drug-likeness (QED) is 0.874. The fourth-order valence-corrected chi connectivity index (χ4v) is 2.83. The van der Waals surface area contributed by atoms with Crippen LogP contribution in [0.4, 0.5) is 0 Å². The number of likely N-dealkylation sites (tertiary alicyclic amines) is 1. The molecule has 0 spiro atoms. The van der Waals surface area contributed by atoms with Crippen LogP contribution >= 0.6 is 0 Å². The van der Waals surface area contributed by atoms with Crippen molar-refractivity contribution in [1.29, 1.82) is 0 Å². The third-order valence-electron chi connectivity index (χ3n) is 4.29. The summed E-state index contributed by atoms with van der Waals surface area (Å²) in [6.07, 6.45) is 5.08. The number of nitrogens with zero attached hydrogens (tertiary/aromatic N) is 1. The van der Waals surface area contributed by atoms with E-state index in [-0.39, 0.29) is 0 Å². The number of aryl methyl sites for hydroxylation is 1. The summed E-state index contributed by atoms with van der Waals surface area (Å²) in [5.74, 6) is 0. The average Bonchev–Trinajstić information content (AvgIpc) is 2.70. The van der Waals surface area contributed by atoms with Gasteiger partial charge in [0.25, 0.3) is 0 Å². The van der Waals surface area contributed by atoms with Gasteiger partial charge in [-0.3, -0.25) is 0 Å². The Labute approximate surface area is 118 Å². The van der Waals surface area contributed by atoms with Crippen LogP contribution in [-0.4, -0.2) is 30.6 Å². The largest absolute Gasteiger partial charge is 0.310 e. The molecule has 1 heterocycles. The first-order valence-corrected chi connectivity index (χ1v) is 7.85. The SMILES string of the molecule is CCc1ccc(CNC2CCCN(CC)CC2)cc1. The van der Waals surface area contributed by atoms with Gasteiger partial charge in [0.2, 0.25) is 0 Å². The van der Waals surface area contributed by atoms with E-state index in [4.69, 9.17) is 0 Å². The van der Waals surface area contributed by atoms with E-state index in [1.165, 1.54) is 50.0 Å². The number of benzene rings is 1. The van der Waals surface area contributed by atoms with E-state index in [9.17, 15) is 0 Å². The Morgan fingerprint density at radius 2 is 1.79 bits per heavy atom. The van der Waals surface area contributed by atoms with E-state index < -0.39 is 0 Å². The smallest absolute Gasteiger partial charge is 0.0208 e. The molecule has 1 aliphatic rings. The van der Waals surface area contributed by atoms with Crippen molar-refractivity contribution in [2.24, 2.45) is 0 Å². The first-order chi connectivity index (χ1) is 9.31. The fourth-order valence-electron chi connectivity index (χ4n) is 2.83. The lowest BCUT2D eigenvalue weighted by Crippen LogP contribution is -2.30. The molecule has 1 atom stereocenters. The third-order valence-corrected chi connectivity index (χ3v) is 4.29. The number of hydrogen-bond donors (Lipinski definition) is 1. The van der Waals surface area contributed by atoms with Crippen molar-refractivity contribution in [3.63, 3.8) is 0 Å². The van der Waals surface area contributed by atoms with Gasteiger partial charge in [0.05, 0.1) is 0 Å². The zero-order valence-corrected chi connectivity index (χ0v) is 12.5. The second kappa shape index (κ2) is 7.66. The maximum absolute atomic E-state index is 3.73. The molecule has 0 radical (unpaired) electrons. The highest BCUT2D eigenvalue weighted by molar-refractivity contribution is 5.22. The molecule has 0 aliphatic carbocycles. The molecule has 1 N–H and O–H groups in total. The summed E-state index contributed by atoms with van der Waals surface area (Å²) in [6.45, 7) is 9.22. The van der Waals surface area contributed by atoms with E-state index in [1.54, 1.807) is 0 Å². The van der Waals surface area contributed by atoms with Crippen LogP contribution in [0.1, 0.15) is 44.2 Å². The first-order valence-electron chi connectivity index (χ1n) is 7.85. The summed E-state index contributed by atoms with van der Waals surface area (Å²) in [5.41, 5.74) is 2.84. The predicted octanol–water partition coefficient (Wildman–Crippen LogP) is 3.21. The summed E-state index contributed by atoms with van der Waals surface area (Å²) in [4.78, 5) is 2.57. The highest BCUT2D eigenvalue weighted by Gasteiger charge is 2.15. The minimum absolute atomic E-state index is 0.697. The van der Waals surface area contributed by atoms with E-state index in [0.717, 1.165) is 13.0 Å². The van der Waals surface area contributed by atoms with E-state index >= 15 is 0 Å². The predicted molar refractivity (Wildman–Crippen MR) is 82.4 cm³/mol. The zero-order valence-electron chi connectivity index (χ0n) is 12.5. The van der Waals surface area contributed by atoms with Crippen LogP contribution in [0.3, 0.4) is 0 Å². The van der Waals surface area contributed by atoms with Crippen LogP contribution in [-0.2, 0) is 13.0 Å². The number of nitrogens with one attached hydrogen (secondary N) is 1. The van der Waals surface area contributed by atoms with Crippen LogP contribution in [0.2, 0.25) is 0 Å². The van der Waals surface area contributed by atoms with Gasteiger partial charge in [-0.25, -0.2) is 0 Å². The Balaban J connectivity index is 1.77. The van der Waals surface area contributed by atoms with Crippen LogP contribution in [0.15, 0.2) is 24.3 Å². The summed E-state index contributed by atoms with van der Waals surface area (Å²) in [7, 11) is 0. The van der Waals surface area contributed by atoms with Crippen LogP contribution in [0, 0.1) is 0 Å². The van der Waals surface area contributed by atoms with Crippen molar-refractivity contribution >= 4 is 0 Å². The molecule has 2 heteroatoms. The van der Waals surface area contributed by atoms with Crippen LogP contribution in [0.5, 0.6) is 0 Å². The van der Waals surface area contributed by atoms with Gasteiger partial charge in [0.1, 0.15) is 0 Å². The van der Waals surface area contributed by atoms with Crippen molar-refractivity contribution in [2.45, 2.75) is 52.1 Å². The lowest BCUT2D eigenvalue weighted by atomic mass is 10.1. The Morgan fingerprint density at radius 1 is 1.05 bits per heavy atom. The van der Waals surface area contributed by atoms with Gasteiger partial charge in [-0.15, -0.1) is 0 Å². The molecule has 19 heavy (non-hydrogen) atoms. The molecule has 1 aliphatic heterocycles. The third kappa shape index (κ3) is 4.63. The zero-order chi connectivity index (χ0) is 13.5. The molecule has 106 valence electrons. The number of rotatable bonds is 5. The molecule has 1 aromatic carbocycles. The summed E-state index contributed by atoms with van der Waals surface area (Å²) in [6, 6.07) is 9.73. The van der Waals surface area contributed by atoms with Gasteiger partial charge in [-0.05, 0) is 56.4 Å². The standard InChI is InChI=1S/C17H28N2/c1-3-15-7-9-16(10-8-15)14-18-17-6-5-12-19(4-2)13-11-17/h7-10,17-18H,3-6,11-14H2,1-2H3. The lowest BCUT2D eigenvalue weighted by Gasteiger charge is -2.18. The normalized spacial score (nSPS) is 21.3. The van der Waals surface area contributed by atoms with Gasteiger partial charge in [0.15, 0.2) is 0 Å². The Bertz CT molecular complexity index is 358. The molecule has 2 nitrogen and oxygen atoms in total. The molecule has 0 aromatic heterocycles. The molecule has 1 fully saturated rings. The van der Waals surface area contributed by atoms with Gasteiger partial charge >= 0.3 is 0 Å². The topological polar surface area (TPSA) is 15.3 Å². The maximum atomic E-state index is 3.73. The lowest BCUT2D eigenvalue weighted by molar-refractivity contribution is 0.297.